The molecular weight excluding hydrogens is 454 g/mol. The van der Waals surface area contributed by atoms with Crippen LogP contribution >= 0.6 is 0 Å². The lowest BCUT2D eigenvalue weighted by atomic mass is 10.0. The topological polar surface area (TPSA) is 86.7 Å². The van der Waals surface area contributed by atoms with Gasteiger partial charge in [-0.2, -0.15) is 0 Å². The molecule has 0 radical (unpaired) electrons. The summed E-state index contributed by atoms with van der Waals surface area (Å²) in [4.78, 5) is 44.9. The summed E-state index contributed by atoms with van der Waals surface area (Å²) in [6.45, 7) is 6.16. The number of rotatable bonds is 6. The molecule has 8 nitrogen and oxygen atoms in total. The van der Waals surface area contributed by atoms with Crippen molar-refractivity contribution < 1.29 is 14.4 Å². The Morgan fingerprint density at radius 2 is 1.42 bits per heavy atom. The fourth-order valence-corrected chi connectivity index (χ4v) is 4.88. The van der Waals surface area contributed by atoms with Crippen LogP contribution < -0.4 is 4.90 Å². The van der Waals surface area contributed by atoms with Crippen molar-refractivity contribution in [3.63, 3.8) is 0 Å². The summed E-state index contributed by atoms with van der Waals surface area (Å²) in [6.07, 6.45) is 0.428. The van der Waals surface area contributed by atoms with Gasteiger partial charge in [-0.1, -0.05) is 56.3 Å². The van der Waals surface area contributed by atoms with Gasteiger partial charge in [-0.05, 0) is 36.6 Å². The number of aromatic nitrogens is 2. The maximum Gasteiger partial charge on any atom is 0.262 e. The van der Waals surface area contributed by atoms with Crippen molar-refractivity contribution in [2.45, 2.75) is 26.3 Å². The second kappa shape index (κ2) is 9.89. The highest BCUT2D eigenvalue weighted by Crippen LogP contribution is 2.28. The lowest BCUT2D eigenvalue weighted by molar-refractivity contribution is -0.136. The lowest BCUT2D eigenvalue weighted by Gasteiger charge is -2.38. The fraction of sp³-hybridized carbons (Fsp3) is 0.321. The zero-order valence-electron chi connectivity index (χ0n) is 20.5. The van der Waals surface area contributed by atoms with E-state index in [9.17, 15) is 14.4 Å². The third-order valence-corrected chi connectivity index (χ3v) is 6.75. The van der Waals surface area contributed by atoms with Gasteiger partial charge in [0.25, 0.3) is 11.8 Å². The molecule has 1 saturated heterocycles. The largest absolute Gasteiger partial charge is 0.352 e. The molecule has 2 aliphatic rings. The molecule has 0 saturated carbocycles. The van der Waals surface area contributed by atoms with Gasteiger partial charge in [0.05, 0.1) is 16.8 Å². The predicted molar refractivity (Wildman–Crippen MR) is 136 cm³/mol. The molecule has 3 aromatic rings. The number of anilines is 1. The Morgan fingerprint density at radius 3 is 1.97 bits per heavy atom. The van der Waals surface area contributed by atoms with Gasteiger partial charge >= 0.3 is 0 Å². The number of carbonyl (C=O) groups is 3. The van der Waals surface area contributed by atoms with E-state index in [2.05, 4.69) is 15.1 Å². The highest BCUT2D eigenvalue weighted by molar-refractivity contribution is 6.22. The minimum Gasteiger partial charge on any atom is -0.352 e. The second-order valence-corrected chi connectivity index (χ2v) is 9.63. The van der Waals surface area contributed by atoms with E-state index in [-0.39, 0.29) is 23.6 Å². The molecular formula is C28H29N5O3. The summed E-state index contributed by atoms with van der Waals surface area (Å²) in [5, 5.41) is 8.78. The summed E-state index contributed by atoms with van der Waals surface area (Å²) >= 11 is 0. The highest BCUT2D eigenvalue weighted by atomic mass is 16.2. The Labute approximate surface area is 210 Å². The Balaban J connectivity index is 1.27. The zero-order chi connectivity index (χ0) is 25.2. The van der Waals surface area contributed by atoms with Crippen LogP contribution in [0.5, 0.6) is 0 Å². The van der Waals surface area contributed by atoms with Gasteiger partial charge in [0.1, 0.15) is 6.04 Å². The Bertz CT molecular complexity index is 1230. The first kappa shape index (κ1) is 23.7. The number of nitrogens with zero attached hydrogens (tertiary/aromatic N) is 5. The third kappa shape index (κ3) is 4.46. The molecule has 5 rings (SSSR count). The van der Waals surface area contributed by atoms with Crippen LogP contribution in [-0.2, 0) is 4.79 Å². The van der Waals surface area contributed by atoms with E-state index in [0.717, 1.165) is 17.1 Å². The van der Waals surface area contributed by atoms with Crippen LogP contribution in [0.4, 0.5) is 5.82 Å². The first-order valence-corrected chi connectivity index (χ1v) is 12.3. The predicted octanol–water partition coefficient (Wildman–Crippen LogP) is 3.50. The quantitative estimate of drug-likeness (QED) is 0.499. The first-order chi connectivity index (χ1) is 17.4. The molecule has 3 amide bonds. The number of carbonyl (C=O) groups excluding carboxylic acids is 3. The lowest BCUT2D eigenvalue weighted by Crippen LogP contribution is -2.56. The molecule has 1 unspecified atom stereocenters. The minimum absolute atomic E-state index is 0.142. The maximum atomic E-state index is 13.6. The number of hydrogen-bond donors (Lipinski definition) is 0. The average molecular weight is 484 g/mol. The van der Waals surface area contributed by atoms with Crippen molar-refractivity contribution in [2.24, 2.45) is 5.92 Å². The van der Waals surface area contributed by atoms with Crippen molar-refractivity contribution in [3.05, 3.63) is 77.9 Å². The van der Waals surface area contributed by atoms with Crippen LogP contribution in [0.25, 0.3) is 11.3 Å². The summed E-state index contributed by atoms with van der Waals surface area (Å²) in [5.41, 5.74) is 2.56. The van der Waals surface area contributed by atoms with Crippen molar-refractivity contribution in [1.82, 2.24) is 20.0 Å². The standard InChI is InChI=1S/C28H29N5O3/c1-19(2)18-24(33-26(34)21-10-6-7-11-22(21)27(33)35)28(36)32-16-14-31(15-17-32)25-13-12-23(29-30-25)20-8-4-3-5-9-20/h3-13,19,24H,14-18H2,1-2H3. The highest BCUT2D eigenvalue weighted by Gasteiger charge is 2.44. The molecule has 0 spiro atoms. The van der Waals surface area contributed by atoms with E-state index in [1.54, 1.807) is 29.2 Å². The van der Waals surface area contributed by atoms with Gasteiger partial charge in [-0.3, -0.25) is 19.3 Å². The van der Waals surface area contributed by atoms with E-state index in [1.165, 1.54) is 4.90 Å². The first-order valence-electron chi connectivity index (χ1n) is 12.3. The smallest absolute Gasteiger partial charge is 0.262 e. The SMILES string of the molecule is CC(C)CC(C(=O)N1CCN(c2ccc(-c3ccccc3)nn2)CC1)N1C(=O)c2ccccc2C1=O. The van der Waals surface area contributed by atoms with Crippen molar-refractivity contribution in [3.8, 4) is 11.3 Å². The van der Waals surface area contributed by atoms with Gasteiger partial charge in [0.15, 0.2) is 5.82 Å². The number of benzene rings is 2. The Kier molecular flexibility index (Phi) is 6.50. The van der Waals surface area contributed by atoms with E-state index in [4.69, 9.17) is 0 Å². The molecule has 0 aliphatic carbocycles. The molecule has 1 aromatic heterocycles. The summed E-state index contributed by atoms with van der Waals surface area (Å²) in [7, 11) is 0. The number of piperazine rings is 1. The molecule has 2 aliphatic heterocycles. The van der Waals surface area contributed by atoms with E-state index in [1.807, 2.05) is 56.3 Å². The number of hydrogen-bond acceptors (Lipinski definition) is 6. The van der Waals surface area contributed by atoms with Crippen LogP contribution in [0.1, 0.15) is 41.0 Å². The monoisotopic (exact) mass is 483 g/mol. The van der Waals surface area contributed by atoms with Crippen LogP contribution in [0.2, 0.25) is 0 Å². The van der Waals surface area contributed by atoms with Gasteiger partial charge in [0, 0.05) is 31.7 Å². The van der Waals surface area contributed by atoms with E-state index >= 15 is 0 Å². The summed E-state index contributed by atoms with van der Waals surface area (Å²) < 4.78 is 0. The van der Waals surface area contributed by atoms with Gasteiger partial charge in [0.2, 0.25) is 5.91 Å². The van der Waals surface area contributed by atoms with Crippen molar-refractivity contribution in [1.29, 1.82) is 0 Å². The van der Waals surface area contributed by atoms with Crippen molar-refractivity contribution >= 4 is 23.5 Å². The van der Waals surface area contributed by atoms with Crippen LogP contribution in [-0.4, -0.2) is 69.9 Å². The Morgan fingerprint density at radius 1 is 0.806 bits per heavy atom. The van der Waals surface area contributed by atoms with Crippen LogP contribution in [0, 0.1) is 5.92 Å². The van der Waals surface area contributed by atoms with Gasteiger partial charge < -0.3 is 9.80 Å². The maximum absolute atomic E-state index is 13.6. The summed E-state index contributed by atoms with van der Waals surface area (Å²) in [5.74, 6) is -0.0452. The molecule has 0 bridgehead atoms. The number of amides is 3. The number of fused-ring (bicyclic) bond motifs is 1. The molecule has 184 valence electrons. The molecule has 1 fully saturated rings. The minimum atomic E-state index is -0.811. The zero-order valence-corrected chi connectivity index (χ0v) is 20.5. The molecule has 36 heavy (non-hydrogen) atoms. The van der Waals surface area contributed by atoms with E-state index in [0.29, 0.717) is 43.7 Å². The van der Waals surface area contributed by atoms with E-state index < -0.39 is 6.04 Å². The Hall–Kier alpha value is -4.07. The summed E-state index contributed by atoms with van der Waals surface area (Å²) in [6, 6.07) is 19.8. The second-order valence-electron chi connectivity index (χ2n) is 9.63. The van der Waals surface area contributed by atoms with Gasteiger partial charge in [-0.15, -0.1) is 10.2 Å². The fourth-order valence-electron chi connectivity index (χ4n) is 4.88. The average Bonchev–Trinajstić information content (AvgIpc) is 3.17. The van der Waals surface area contributed by atoms with Gasteiger partial charge in [-0.25, -0.2) is 0 Å². The van der Waals surface area contributed by atoms with Crippen LogP contribution in [0.15, 0.2) is 66.7 Å². The van der Waals surface area contributed by atoms with Crippen LogP contribution in [0.3, 0.4) is 0 Å². The molecule has 8 heteroatoms. The third-order valence-electron chi connectivity index (χ3n) is 6.75. The van der Waals surface area contributed by atoms with Crippen molar-refractivity contribution in [2.75, 3.05) is 31.1 Å². The normalized spacial score (nSPS) is 16.5. The molecule has 3 heterocycles. The molecule has 1 atom stereocenters. The molecule has 2 aromatic carbocycles. The molecule has 0 N–H and O–H groups in total. The number of imide groups is 1.